The molecule has 114 valence electrons. The molecule has 8 heteroatoms. The Labute approximate surface area is 124 Å². The van der Waals surface area contributed by atoms with E-state index in [0.717, 1.165) is 0 Å². The highest BCUT2D eigenvalue weighted by Gasteiger charge is 2.27. The summed E-state index contributed by atoms with van der Waals surface area (Å²) in [5.74, 6) is -0.260. The summed E-state index contributed by atoms with van der Waals surface area (Å²) in [5.41, 5.74) is 0.769. The Morgan fingerprint density at radius 1 is 1.24 bits per heavy atom. The van der Waals surface area contributed by atoms with Crippen molar-refractivity contribution in [2.45, 2.75) is 24.6 Å². The van der Waals surface area contributed by atoms with E-state index in [9.17, 15) is 16.8 Å². The third-order valence-electron chi connectivity index (χ3n) is 3.38. The van der Waals surface area contributed by atoms with Gasteiger partial charge in [-0.2, -0.15) is 5.26 Å². The summed E-state index contributed by atoms with van der Waals surface area (Å²) < 4.78 is 49.4. The lowest BCUT2D eigenvalue weighted by molar-refractivity contribution is 0.505. The van der Waals surface area contributed by atoms with Crippen LogP contribution < -0.4 is 4.72 Å². The van der Waals surface area contributed by atoms with Gasteiger partial charge in [0.25, 0.3) is 0 Å². The van der Waals surface area contributed by atoms with Gasteiger partial charge in [-0.05, 0) is 24.5 Å². The van der Waals surface area contributed by atoms with Gasteiger partial charge in [-0.25, -0.2) is 21.6 Å². The van der Waals surface area contributed by atoms with E-state index in [1.54, 1.807) is 24.3 Å². The molecule has 0 saturated carbocycles. The SMILES string of the molecule is N#Cc1ccccc1CS(=O)(=O)NC1CCS(=O)(=O)CC1. The predicted molar refractivity (Wildman–Crippen MR) is 78.6 cm³/mol. The van der Waals surface area contributed by atoms with Crippen LogP contribution in [-0.2, 0) is 25.6 Å². The minimum absolute atomic E-state index is 0.00890. The van der Waals surface area contributed by atoms with Gasteiger partial charge in [0.2, 0.25) is 10.0 Å². The fourth-order valence-electron chi connectivity index (χ4n) is 2.26. The summed E-state index contributed by atoms with van der Waals surface area (Å²) in [5, 5.41) is 8.96. The van der Waals surface area contributed by atoms with Crippen LogP contribution in [0.15, 0.2) is 24.3 Å². The monoisotopic (exact) mass is 328 g/mol. The molecule has 1 saturated heterocycles. The molecule has 1 aliphatic heterocycles. The number of nitrogens with one attached hydrogen (secondary N) is 1. The number of rotatable bonds is 4. The van der Waals surface area contributed by atoms with Crippen molar-refractivity contribution in [1.82, 2.24) is 4.72 Å². The van der Waals surface area contributed by atoms with Gasteiger partial charge < -0.3 is 0 Å². The molecule has 6 nitrogen and oxygen atoms in total. The Morgan fingerprint density at radius 2 is 1.86 bits per heavy atom. The Morgan fingerprint density at radius 3 is 2.48 bits per heavy atom. The number of sulfonamides is 1. The van der Waals surface area contributed by atoms with Gasteiger partial charge in [-0.15, -0.1) is 0 Å². The topological polar surface area (TPSA) is 104 Å². The van der Waals surface area contributed by atoms with Crippen molar-refractivity contribution in [3.8, 4) is 6.07 Å². The van der Waals surface area contributed by atoms with Crippen LogP contribution in [0.25, 0.3) is 0 Å². The number of nitriles is 1. The zero-order valence-corrected chi connectivity index (χ0v) is 13.0. The summed E-state index contributed by atoms with van der Waals surface area (Å²) in [4.78, 5) is 0. The average molecular weight is 328 g/mol. The van der Waals surface area contributed by atoms with Crippen molar-refractivity contribution >= 4 is 19.9 Å². The second-order valence-electron chi connectivity index (χ2n) is 5.07. The van der Waals surface area contributed by atoms with Gasteiger partial charge in [0.1, 0.15) is 9.84 Å². The van der Waals surface area contributed by atoms with Crippen LogP contribution in [0.2, 0.25) is 0 Å². The molecule has 0 bridgehead atoms. The minimum Gasteiger partial charge on any atom is -0.229 e. The number of sulfone groups is 1. The number of nitrogens with zero attached hydrogens (tertiary/aromatic N) is 1. The lowest BCUT2D eigenvalue weighted by Crippen LogP contribution is -2.41. The molecule has 1 aliphatic rings. The number of hydrogen-bond donors (Lipinski definition) is 1. The van der Waals surface area contributed by atoms with Crippen molar-refractivity contribution in [3.05, 3.63) is 35.4 Å². The molecule has 0 spiro atoms. The van der Waals surface area contributed by atoms with E-state index < -0.39 is 19.9 Å². The highest BCUT2D eigenvalue weighted by Crippen LogP contribution is 2.16. The van der Waals surface area contributed by atoms with E-state index in [0.29, 0.717) is 24.0 Å². The van der Waals surface area contributed by atoms with Crippen molar-refractivity contribution in [2.24, 2.45) is 0 Å². The van der Waals surface area contributed by atoms with Gasteiger partial charge in [0.05, 0.1) is 28.9 Å². The Balaban J connectivity index is 2.05. The van der Waals surface area contributed by atoms with Gasteiger partial charge in [-0.3, -0.25) is 0 Å². The van der Waals surface area contributed by atoms with Crippen LogP contribution >= 0.6 is 0 Å². The van der Waals surface area contributed by atoms with Crippen LogP contribution in [0.4, 0.5) is 0 Å². The van der Waals surface area contributed by atoms with Gasteiger partial charge in [0, 0.05) is 6.04 Å². The van der Waals surface area contributed by atoms with Gasteiger partial charge in [0.15, 0.2) is 0 Å². The molecule has 1 fully saturated rings. The first kappa shape index (κ1) is 15.9. The first-order valence-electron chi connectivity index (χ1n) is 6.50. The smallest absolute Gasteiger partial charge is 0.216 e. The highest BCUT2D eigenvalue weighted by molar-refractivity contribution is 7.91. The van der Waals surface area contributed by atoms with Crippen molar-refractivity contribution in [1.29, 1.82) is 5.26 Å². The molecule has 21 heavy (non-hydrogen) atoms. The van der Waals surface area contributed by atoms with Crippen molar-refractivity contribution in [3.63, 3.8) is 0 Å². The lowest BCUT2D eigenvalue weighted by Gasteiger charge is -2.22. The fraction of sp³-hybridized carbons (Fsp3) is 0.462. The van der Waals surface area contributed by atoms with Crippen LogP contribution in [-0.4, -0.2) is 34.4 Å². The lowest BCUT2D eigenvalue weighted by atomic mass is 10.1. The van der Waals surface area contributed by atoms with Crippen molar-refractivity contribution in [2.75, 3.05) is 11.5 Å². The van der Waals surface area contributed by atoms with Crippen LogP contribution in [0.5, 0.6) is 0 Å². The molecule has 1 aromatic carbocycles. The first-order valence-corrected chi connectivity index (χ1v) is 9.97. The van der Waals surface area contributed by atoms with E-state index in [-0.39, 0.29) is 23.3 Å². The molecule has 0 radical (unpaired) electrons. The molecule has 1 aromatic rings. The molecular formula is C13H16N2O4S2. The molecule has 2 rings (SSSR count). The molecule has 1 N–H and O–H groups in total. The largest absolute Gasteiger partial charge is 0.229 e. The standard InChI is InChI=1S/C13H16N2O4S2/c14-9-11-3-1-2-4-12(11)10-21(18,19)15-13-5-7-20(16,17)8-6-13/h1-4,13,15H,5-8,10H2. The highest BCUT2D eigenvalue weighted by atomic mass is 32.2. The second-order valence-corrected chi connectivity index (χ2v) is 9.13. The van der Waals surface area contributed by atoms with E-state index in [1.807, 2.05) is 6.07 Å². The third kappa shape index (κ3) is 4.52. The quantitative estimate of drug-likeness (QED) is 0.869. The zero-order valence-electron chi connectivity index (χ0n) is 11.3. The van der Waals surface area contributed by atoms with Crippen LogP contribution in [0, 0.1) is 11.3 Å². The summed E-state index contributed by atoms with van der Waals surface area (Å²) >= 11 is 0. The first-order chi connectivity index (χ1) is 9.81. The molecule has 0 aliphatic carbocycles. The van der Waals surface area contributed by atoms with E-state index >= 15 is 0 Å². The number of hydrogen-bond acceptors (Lipinski definition) is 5. The molecule has 1 heterocycles. The molecule has 0 atom stereocenters. The van der Waals surface area contributed by atoms with Gasteiger partial charge >= 0.3 is 0 Å². The summed E-state index contributed by atoms with van der Waals surface area (Å²) in [7, 11) is -6.62. The number of benzene rings is 1. The second kappa shape index (κ2) is 6.13. The maximum atomic E-state index is 12.1. The average Bonchev–Trinajstić information content (AvgIpc) is 2.41. The van der Waals surface area contributed by atoms with E-state index in [2.05, 4.69) is 4.72 Å². The van der Waals surface area contributed by atoms with Crippen LogP contribution in [0.1, 0.15) is 24.0 Å². The van der Waals surface area contributed by atoms with E-state index in [4.69, 9.17) is 5.26 Å². The predicted octanol–water partition coefficient (Wildman–Crippen LogP) is 0.555. The Hall–Kier alpha value is -1.43. The summed E-state index contributed by atoms with van der Waals surface area (Å²) in [6.45, 7) is 0. The maximum absolute atomic E-state index is 12.1. The summed E-state index contributed by atoms with van der Waals surface area (Å²) in [6, 6.07) is 8.13. The summed E-state index contributed by atoms with van der Waals surface area (Å²) in [6.07, 6.45) is 0.586. The maximum Gasteiger partial charge on any atom is 0.216 e. The molecule has 0 aromatic heterocycles. The Bertz CT molecular complexity index is 750. The van der Waals surface area contributed by atoms with Gasteiger partial charge in [-0.1, -0.05) is 18.2 Å². The third-order valence-corrected chi connectivity index (χ3v) is 6.48. The zero-order chi connectivity index (χ0) is 15.5. The molecule has 0 unspecified atom stereocenters. The normalized spacial score (nSPS) is 19.0. The molecular weight excluding hydrogens is 312 g/mol. The minimum atomic E-state index is -3.60. The molecule has 0 amide bonds. The van der Waals surface area contributed by atoms with Crippen LogP contribution in [0.3, 0.4) is 0 Å². The van der Waals surface area contributed by atoms with Crippen molar-refractivity contribution < 1.29 is 16.8 Å². The Kier molecular flexibility index (Phi) is 4.66. The fourth-order valence-corrected chi connectivity index (χ4v) is 5.24. The van der Waals surface area contributed by atoms with E-state index in [1.165, 1.54) is 0 Å².